The zero-order valence-electron chi connectivity index (χ0n) is 9.79. The van der Waals surface area contributed by atoms with Crippen LogP contribution in [0, 0.1) is 13.8 Å². The maximum atomic E-state index is 11.5. The summed E-state index contributed by atoms with van der Waals surface area (Å²) in [4.78, 5) is 22.4. The van der Waals surface area contributed by atoms with Crippen molar-refractivity contribution in [3.63, 3.8) is 0 Å². The monoisotopic (exact) mass is 222 g/mol. The smallest absolute Gasteiger partial charge is 0.341 e. The molecule has 0 saturated heterocycles. The molecule has 0 aliphatic heterocycles. The van der Waals surface area contributed by atoms with E-state index in [4.69, 9.17) is 4.74 Å². The molecule has 0 spiro atoms. The molecule has 0 aliphatic carbocycles. The minimum Gasteiger partial charge on any atom is -0.465 e. The van der Waals surface area contributed by atoms with Crippen molar-refractivity contribution < 1.29 is 19.1 Å². The molecule has 0 unspecified atom stereocenters. The van der Waals surface area contributed by atoms with E-state index in [1.165, 1.54) is 14.0 Å². The average molecular weight is 222 g/mol. The maximum Gasteiger partial charge on any atom is 0.341 e. The first kappa shape index (κ1) is 12.2. The molecule has 1 rings (SSSR count). The van der Waals surface area contributed by atoms with Crippen molar-refractivity contribution >= 4 is 11.9 Å². The van der Waals surface area contributed by atoms with Crippen LogP contribution < -0.4 is 4.74 Å². The maximum absolute atomic E-state index is 11.5. The lowest BCUT2D eigenvalue weighted by molar-refractivity contribution is -0.131. The first-order valence-electron chi connectivity index (χ1n) is 4.83. The van der Waals surface area contributed by atoms with E-state index in [1.54, 1.807) is 12.1 Å². The number of ether oxygens (including phenoxy) is 2. The quantitative estimate of drug-likeness (QED) is 0.567. The first-order chi connectivity index (χ1) is 7.45. The minimum atomic E-state index is -0.514. The molecule has 0 saturated carbocycles. The topological polar surface area (TPSA) is 52.6 Å². The van der Waals surface area contributed by atoms with E-state index in [0.29, 0.717) is 0 Å². The highest BCUT2D eigenvalue weighted by atomic mass is 16.5. The molecule has 1 aromatic carbocycles. The van der Waals surface area contributed by atoms with Crippen LogP contribution in [-0.2, 0) is 9.53 Å². The van der Waals surface area contributed by atoms with E-state index in [0.717, 1.165) is 11.1 Å². The molecule has 0 amide bonds. The number of aryl methyl sites for hydroxylation is 2. The van der Waals surface area contributed by atoms with E-state index < -0.39 is 11.9 Å². The summed E-state index contributed by atoms with van der Waals surface area (Å²) in [6.07, 6.45) is 0. The van der Waals surface area contributed by atoms with Gasteiger partial charge in [-0.3, -0.25) is 4.79 Å². The van der Waals surface area contributed by atoms with Crippen LogP contribution in [0.15, 0.2) is 12.1 Å². The molecule has 0 radical (unpaired) electrons. The fourth-order valence-electron chi connectivity index (χ4n) is 1.30. The van der Waals surface area contributed by atoms with Gasteiger partial charge in [-0.05, 0) is 37.1 Å². The predicted molar refractivity (Wildman–Crippen MR) is 58.6 cm³/mol. The summed E-state index contributed by atoms with van der Waals surface area (Å²) in [5.74, 6) is -0.741. The van der Waals surface area contributed by atoms with Gasteiger partial charge in [-0.25, -0.2) is 4.79 Å². The van der Waals surface area contributed by atoms with Crippen molar-refractivity contribution in [2.45, 2.75) is 20.8 Å². The number of carbonyl (C=O) groups is 2. The number of esters is 2. The van der Waals surface area contributed by atoms with Crippen molar-refractivity contribution in [2.24, 2.45) is 0 Å². The van der Waals surface area contributed by atoms with Crippen molar-refractivity contribution in [3.05, 3.63) is 28.8 Å². The molecule has 0 bridgehead atoms. The number of methoxy groups -OCH3 is 1. The average Bonchev–Trinajstić information content (AvgIpc) is 2.21. The third kappa shape index (κ3) is 2.59. The Balaban J connectivity index is 3.27. The Morgan fingerprint density at radius 3 is 2.19 bits per heavy atom. The van der Waals surface area contributed by atoms with Crippen LogP contribution in [-0.4, -0.2) is 19.0 Å². The lowest BCUT2D eigenvalue weighted by atomic mass is 10.1. The highest BCUT2D eigenvalue weighted by Crippen LogP contribution is 2.24. The second kappa shape index (κ2) is 4.79. The number of hydrogen-bond donors (Lipinski definition) is 0. The molecule has 0 fully saturated rings. The van der Waals surface area contributed by atoms with Gasteiger partial charge in [0.1, 0.15) is 11.3 Å². The Kier molecular flexibility index (Phi) is 3.66. The third-order valence-electron chi connectivity index (χ3n) is 2.25. The molecule has 86 valence electrons. The van der Waals surface area contributed by atoms with Gasteiger partial charge >= 0.3 is 11.9 Å². The van der Waals surface area contributed by atoms with Gasteiger partial charge in [-0.1, -0.05) is 0 Å². The molecule has 0 heterocycles. The molecule has 0 aromatic heterocycles. The van der Waals surface area contributed by atoms with Crippen LogP contribution in [0.25, 0.3) is 0 Å². The van der Waals surface area contributed by atoms with Crippen molar-refractivity contribution in [1.82, 2.24) is 0 Å². The predicted octanol–water partition coefficient (Wildman–Crippen LogP) is 2.02. The Morgan fingerprint density at radius 2 is 1.69 bits per heavy atom. The molecular weight excluding hydrogens is 208 g/mol. The van der Waals surface area contributed by atoms with Crippen molar-refractivity contribution in [1.29, 1.82) is 0 Å². The van der Waals surface area contributed by atoms with Gasteiger partial charge in [0.2, 0.25) is 0 Å². The van der Waals surface area contributed by atoms with Crippen LogP contribution in [0.4, 0.5) is 0 Å². The van der Waals surface area contributed by atoms with Crippen LogP contribution in [0.5, 0.6) is 5.75 Å². The summed E-state index contributed by atoms with van der Waals surface area (Å²) in [5.41, 5.74) is 2.15. The van der Waals surface area contributed by atoms with E-state index in [1.807, 2.05) is 13.8 Å². The normalized spacial score (nSPS) is 9.75. The molecule has 0 N–H and O–H groups in total. The van der Waals surface area contributed by atoms with E-state index in [-0.39, 0.29) is 11.3 Å². The third-order valence-corrected chi connectivity index (χ3v) is 2.25. The van der Waals surface area contributed by atoms with Gasteiger partial charge < -0.3 is 9.47 Å². The highest BCUT2D eigenvalue weighted by Gasteiger charge is 2.16. The van der Waals surface area contributed by atoms with Crippen molar-refractivity contribution in [3.8, 4) is 5.75 Å². The highest BCUT2D eigenvalue weighted by molar-refractivity contribution is 5.93. The molecule has 1 aromatic rings. The Labute approximate surface area is 94.2 Å². The minimum absolute atomic E-state index is 0.238. The zero-order valence-corrected chi connectivity index (χ0v) is 9.79. The van der Waals surface area contributed by atoms with Gasteiger partial charge in [0.25, 0.3) is 0 Å². The SMILES string of the molecule is COC(=O)c1cc(C)c(C)cc1OC(C)=O. The van der Waals surface area contributed by atoms with Gasteiger partial charge in [0, 0.05) is 6.92 Å². The molecule has 4 heteroatoms. The second-order valence-electron chi connectivity index (χ2n) is 3.52. The summed E-state index contributed by atoms with van der Waals surface area (Å²) in [7, 11) is 1.29. The molecule has 0 atom stereocenters. The number of benzene rings is 1. The number of rotatable bonds is 2. The van der Waals surface area contributed by atoms with Gasteiger partial charge in [-0.2, -0.15) is 0 Å². The van der Waals surface area contributed by atoms with E-state index in [9.17, 15) is 9.59 Å². The Morgan fingerprint density at radius 1 is 1.12 bits per heavy atom. The largest absolute Gasteiger partial charge is 0.465 e. The summed E-state index contributed by atoms with van der Waals surface area (Å²) < 4.78 is 9.59. The van der Waals surface area contributed by atoms with Crippen LogP contribution >= 0.6 is 0 Å². The zero-order chi connectivity index (χ0) is 12.3. The molecule has 16 heavy (non-hydrogen) atoms. The molecule has 4 nitrogen and oxygen atoms in total. The fraction of sp³-hybridized carbons (Fsp3) is 0.333. The summed E-state index contributed by atoms with van der Waals surface area (Å²) >= 11 is 0. The van der Waals surface area contributed by atoms with Gasteiger partial charge in [0.15, 0.2) is 0 Å². The first-order valence-corrected chi connectivity index (χ1v) is 4.83. The van der Waals surface area contributed by atoms with Gasteiger partial charge in [-0.15, -0.1) is 0 Å². The summed E-state index contributed by atoms with van der Waals surface area (Å²) in [6.45, 7) is 5.04. The van der Waals surface area contributed by atoms with Gasteiger partial charge in [0.05, 0.1) is 7.11 Å². The van der Waals surface area contributed by atoms with Crippen LogP contribution in [0.3, 0.4) is 0 Å². The van der Waals surface area contributed by atoms with Crippen molar-refractivity contribution in [2.75, 3.05) is 7.11 Å². The lowest BCUT2D eigenvalue weighted by Crippen LogP contribution is -2.09. The van der Waals surface area contributed by atoms with Crippen LogP contribution in [0.1, 0.15) is 28.4 Å². The number of hydrogen-bond acceptors (Lipinski definition) is 4. The van der Waals surface area contributed by atoms with E-state index >= 15 is 0 Å². The fourth-order valence-corrected chi connectivity index (χ4v) is 1.30. The lowest BCUT2D eigenvalue weighted by Gasteiger charge is -2.10. The second-order valence-corrected chi connectivity index (χ2v) is 3.52. The summed E-state index contributed by atoms with van der Waals surface area (Å²) in [5, 5.41) is 0. The Hall–Kier alpha value is -1.84. The molecular formula is C12H14O4. The summed E-state index contributed by atoms with van der Waals surface area (Å²) in [6, 6.07) is 3.31. The van der Waals surface area contributed by atoms with E-state index in [2.05, 4.69) is 4.74 Å². The molecule has 0 aliphatic rings. The number of carbonyl (C=O) groups excluding carboxylic acids is 2. The standard InChI is InChI=1S/C12H14O4/c1-7-5-10(12(14)15-4)11(6-8(7)2)16-9(3)13/h5-6H,1-4H3. The Bertz CT molecular complexity index is 435. The van der Waals surface area contributed by atoms with Crippen LogP contribution in [0.2, 0.25) is 0 Å².